The van der Waals surface area contributed by atoms with Gasteiger partial charge >= 0.3 is 0 Å². The van der Waals surface area contributed by atoms with Crippen LogP contribution in [0.3, 0.4) is 0 Å². The van der Waals surface area contributed by atoms with E-state index in [0.29, 0.717) is 0 Å². The summed E-state index contributed by atoms with van der Waals surface area (Å²) in [6.45, 7) is 5.42. The predicted octanol–water partition coefficient (Wildman–Crippen LogP) is 2.75. The molecule has 11 heavy (non-hydrogen) atoms. The Morgan fingerprint density at radius 2 is 2.00 bits per heavy atom. The van der Waals surface area contributed by atoms with Crippen LogP contribution in [0.15, 0.2) is 41.5 Å². The van der Waals surface area contributed by atoms with Crippen molar-refractivity contribution in [3.63, 3.8) is 0 Å². The Hall–Kier alpha value is -1.37. The molecule has 1 aromatic rings. The van der Waals surface area contributed by atoms with Gasteiger partial charge in [0, 0.05) is 6.20 Å². The van der Waals surface area contributed by atoms with Gasteiger partial charge in [0.15, 0.2) is 0 Å². The maximum Gasteiger partial charge on any atom is 0.0295 e. The van der Waals surface area contributed by atoms with E-state index in [1.165, 1.54) is 5.56 Å². The average molecular weight is 145 g/mol. The molecule has 0 N–H and O–H groups in total. The first-order valence-electron chi connectivity index (χ1n) is 3.52. The number of rotatable bonds is 2. The van der Waals surface area contributed by atoms with Crippen molar-refractivity contribution in [2.45, 2.75) is 6.92 Å². The van der Waals surface area contributed by atoms with Crippen molar-refractivity contribution in [3.8, 4) is 0 Å². The molecule has 1 heteroatoms. The number of nitrogens with zero attached hydrogens (tertiary/aromatic N) is 1. The van der Waals surface area contributed by atoms with Crippen LogP contribution in [0.4, 0.5) is 0 Å². The molecule has 0 atom stereocenters. The molecule has 0 aliphatic rings. The highest BCUT2D eigenvalue weighted by Crippen LogP contribution is 2.11. The highest BCUT2D eigenvalue weighted by molar-refractivity contribution is 5.63. The fourth-order valence-corrected chi connectivity index (χ4v) is 0.913. The summed E-state index contributed by atoms with van der Waals surface area (Å²) >= 11 is 0. The van der Waals surface area contributed by atoms with Gasteiger partial charge in [0.2, 0.25) is 0 Å². The molecule has 0 radical (unpaired) electrons. The van der Waals surface area contributed by atoms with Gasteiger partial charge in [-0.05, 0) is 24.8 Å². The van der Waals surface area contributed by atoms with Crippen molar-refractivity contribution in [3.05, 3.63) is 42.1 Å². The molecular formula is C10H11N. The summed E-state index contributed by atoms with van der Waals surface area (Å²) in [6, 6.07) is 10.1. The fraction of sp³-hybridized carbons (Fsp3) is 0.100. The summed E-state index contributed by atoms with van der Waals surface area (Å²) in [6.07, 6.45) is 1.76. The lowest BCUT2D eigenvalue weighted by Gasteiger charge is -1.97. The van der Waals surface area contributed by atoms with Crippen molar-refractivity contribution < 1.29 is 0 Å². The predicted molar refractivity (Wildman–Crippen MR) is 49.6 cm³/mol. The van der Waals surface area contributed by atoms with Crippen molar-refractivity contribution >= 4 is 12.3 Å². The zero-order valence-electron chi connectivity index (χ0n) is 6.62. The zero-order valence-corrected chi connectivity index (χ0v) is 6.62. The minimum Gasteiger partial charge on any atom is -0.272 e. The average Bonchev–Trinajstić information content (AvgIpc) is 2.07. The Bertz CT molecular complexity index is 259. The fourth-order valence-electron chi connectivity index (χ4n) is 0.913. The highest BCUT2D eigenvalue weighted by atomic mass is 14.6. The second-order valence-electron chi connectivity index (χ2n) is 2.36. The van der Waals surface area contributed by atoms with Crippen LogP contribution in [0.5, 0.6) is 0 Å². The molecule has 0 spiro atoms. The molecule has 0 aliphatic heterocycles. The van der Waals surface area contributed by atoms with E-state index in [2.05, 4.69) is 23.8 Å². The van der Waals surface area contributed by atoms with Gasteiger partial charge in [0.1, 0.15) is 0 Å². The molecule has 1 aromatic carbocycles. The Labute approximate surface area is 67.1 Å². The number of hydrogen-bond donors (Lipinski definition) is 0. The normalized spacial score (nSPS) is 11.2. The van der Waals surface area contributed by atoms with E-state index in [1.807, 2.05) is 25.1 Å². The van der Waals surface area contributed by atoms with Crippen molar-refractivity contribution in [2.24, 2.45) is 4.99 Å². The zero-order chi connectivity index (χ0) is 8.10. The van der Waals surface area contributed by atoms with Crippen LogP contribution in [0.25, 0.3) is 5.57 Å². The standard InChI is InChI=1S/C10H11N/c1-9(8-11-2)10-6-4-3-5-7-10/h3-8H,2H2,1H3/b9-8+. The van der Waals surface area contributed by atoms with Gasteiger partial charge < -0.3 is 0 Å². The molecule has 0 heterocycles. The van der Waals surface area contributed by atoms with Crippen LogP contribution in [0.2, 0.25) is 0 Å². The second-order valence-corrected chi connectivity index (χ2v) is 2.36. The molecule has 0 amide bonds. The summed E-state index contributed by atoms with van der Waals surface area (Å²) in [5.41, 5.74) is 2.33. The summed E-state index contributed by atoms with van der Waals surface area (Å²) in [7, 11) is 0. The first kappa shape index (κ1) is 7.73. The highest BCUT2D eigenvalue weighted by Gasteiger charge is 1.90. The smallest absolute Gasteiger partial charge is 0.0295 e. The van der Waals surface area contributed by atoms with E-state index in [1.54, 1.807) is 6.20 Å². The van der Waals surface area contributed by atoms with Gasteiger partial charge in [0.05, 0.1) is 0 Å². The van der Waals surface area contributed by atoms with Gasteiger partial charge in [-0.1, -0.05) is 30.3 Å². The van der Waals surface area contributed by atoms with E-state index in [-0.39, 0.29) is 0 Å². The lowest BCUT2D eigenvalue weighted by atomic mass is 10.1. The molecule has 0 bridgehead atoms. The van der Waals surface area contributed by atoms with Gasteiger partial charge in [0.25, 0.3) is 0 Å². The first-order valence-corrected chi connectivity index (χ1v) is 3.52. The molecule has 1 rings (SSSR count). The Morgan fingerprint density at radius 1 is 1.36 bits per heavy atom. The third kappa shape index (κ3) is 2.04. The number of aliphatic imine (C=N–C) groups is 1. The van der Waals surface area contributed by atoms with E-state index >= 15 is 0 Å². The summed E-state index contributed by atoms with van der Waals surface area (Å²) in [5.74, 6) is 0. The van der Waals surface area contributed by atoms with Crippen LogP contribution in [-0.4, -0.2) is 6.72 Å². The third-order valence-electron chi connectivity index (χ3n) is 1.51. The summed E-state index contributed by atoms with van der Waals surface area (Å²) < 4.78 is 0. The molecule has 0 saturated carbocycles. The van der Waals surface area contributed by atoms with Crippen LogP contribution in [-0.2, 0) is 0 Å². The molecule has 0 aliphatic carbocycles. The maximum absolute atomic E-state index is 3.70. The SMILES string of the molecule is C=N/C=C(\C)c1ccccc1. The van der Waals surface area contributed by atoms with Gasteiger partial charge in [-0.15, -0.1) is 0 Å². The van der Waals surface area contributed by atoms with Crippen molar-refractivity contribution in [1.29, 1.82) is 0 Å². The second kappa shape index (κ2) is 3.71. The number of benzene rings is 1. The molecule has 56 valence electrons. The number of allylic oxidation sites excluding steroid dienone is 1. The van der Waals surface area contributed by atoms with Crippen LogP contribution in [0, 0.1) is 0 Å². The minimum absolute atomic E-state index is 1.14. The van der Waals surface area contributed by atoms with E-state index in [4.69, 9.17) is 0 Å². The van der Waals surface area contributed by atoms with Crippen LogP contribution >= 0.6 is 0 Å². The molecule has 0 aromatic heterocycles. The monoisotopic (exact) mass is 145 g/mol. The van der Waals surface area contributed by atoms with Crippen LogP contribution in [0.1, 0.15) is 12.5 Å². The first-order chi connectivity index (χ1) is 5.34. The molecule has 1 nitrogen and oxygen atoms in total. The maximum atomic E-state index is 3.70. The molecule has 0 unspecified atom stereocenters. The Morgan fingerprint density at radius 3 is 2.55 bits per heavy atom. The number of hydrogen-bond acceptors (Lipinski definition) is 1. The van der Waals surface area contributed by atoms with Crippen LogP contribution < -0.4 is 0 Å². The van der Waals surface area contributed by atoms with E-state index in [9.17, 15) is 0 Å². The lowest BCUT2D eigenvalue weighted by Crippen LogP contribution is -1.75. The Balaban J connectivity index is 2.94. The lowest BCUT2D eigenvalue weighted by molar-refractivity contribution is 1.51. The topological polar surface area (TPSA) is 12.4 Å². The van der Waals surface area contributed by atoms with Gasteiger partial charge in [-0.2, -0.15) is 0 Å². The molecule has 0 saturated heterocycles. The molecular weight excluding hydrogens is 134 g/mol. The van der Waals surface area contributed by atoms with Gasteiger partial charge in [-0.3, -0.25) is 4.99 Å². The van der Waals surface area contributed by atoms with E-state index in [0.717, 1.165) is 5.57 Å². The molecule has 0 fully saturated rings. The minimum atomic E-state index is 1.14. The van der Waals surface area contributed by atoms with Crippen molar-refractivity contribution in [1.82, 2.24) is 0 Å². The quantitative estimate of drug-likeness (QED) is 0.567. The third-order valence-corrected chi connectivity index (χ3v) is 1.51. The van der Waals surface area contributed by atoms with Gasteiger partial charge in [-0.25, -0.2) is 0 Å². The summed E-state index contributed by atoms with van der Waals surface area (Å²) in [5, 5.41) is 0. The summed E-state index contributed by atoms with van der Waals surface area (Å²) in [4.78, 5) is 3.70. The van der Waals surface area contributed by atoms with E-state index < -0.39 is 0 Å². The Kier molecular flexibility index (Phi) is 2.61. The largest absolute Gasteiger partial charge is 0.272 e. The van der Waals surface area contributed by atoms with Crippen molar-refractivity contribution in [2.75, 3.05) is 0 Å².